The number of amides is 1. The first-order valence-corrected chi connectivity index (χ1v) is 13.8. The first kappa shape index (κ1) is 29.9. The summed E-state index contributed by atoms with van der Waals surface area (Å²) in [6.45, 7) is 11.0. The number of carbonyl (C=O) groups is 2. The molecule has 2 aromatic rings. The number of aldehydes is 1. The van der Waals surface area contributed by atoms with Gasteiger partial charge in [0.2, 0.25) is 5.71 Å². The average molecular weight is 552 g/mol. The molecule has 2 aromatic heterocycles. The Bertz CT molecular complexity index is 1350. The van der Waals surface area contributed by atoms with Crippen LogP contribution in [0.2, 0.25) is 0 Å². The minimum absolute atomic E-state index is 0.298. The van der Waals surface area contributed by atoms with Crippen molar-refractivity contribution in [3.63, 3.8) is 0 Å². The van der Waals surface area contributed by atoms with E-state index in [0.29, 0.717) is 47.0 Å². The molecule has 0 saturated carbocycles. The third-order valence-electron chi connectivity index (χ3n) is 6.05. The Morgan fingerprint density at radius 2 is 2.03 bits per heavy atom. The van der Waals surface area contributed by atoms with Crippen LogP contribution < -0.4 is 5.43 Å². The number of nitrogens with one attached hydrogen (secondary N) is 1. The second-order valence-electron chi connectivity index (χ2n) is 9.26. The number of nitrogens with zero attached hydrogens (tertiary/aromatic N) is 4. The number of hydrogen-bond acceptors (Lipinski definition) is 9. The molecule has 0 atom stereocenters. The van der Waals surface area contributed by atoms with Crippen molar-refractivity contribution in [2.75, 3.05) is 45.5 Å². The zero-order chi connectivity index (χ0) is 28.5. The standard InChI is InChI=1S/C29H37N5O4S/c1-8-21(12-13-22(9-2)37-17-15-33(5)6)25-20(4)24-27(32-34(7)29(36)19(3)14-16-35)30-26(31-28(24)38-25)23-11-10-18-39-23/h8,11-14,16H,1,9-10,15,17-18H2,2-7H3,(H,30,31,32)/b19-14-,21-12+,22-13+. The van der Waals surface area contributed by atoms with Crippen molar-refractivity contribution in [3.8, 4) is 0 Å². The third-order valence-corrected chi connectivity index (χ3v) is 7.15. The molecule has 0 bridgehead atoms. The summed E-state index contributed by atoms with van der Waals surface area (Å²) >= 11 is 1.68. The number of carbonyl (C=O) groups excluding carboxylic acids is 2. The molecule has 1 N–H and O–H groups in total. The first-order chi connectivity index (χ1) is 18.7. The van der Waals surface area contributed by atoms with Crippen molar-refractivity contribution in [3.05, 3.63) is 65.4 Å². The van der Waals surface area contributed by atoms with E-state index < -0.39 is 0 Å². The van der Waals surface area contributed by atoms with Crippen molar-refractivity contribution < 1.29 is 18.7 Å². The smallest absolute Gasteiger partial charge is 0.267 e. The average Bonchev–Trinajstić information content (AvgIpc) is 3.56. The molecule has 1 aliphatic heterocycles. The van der Waals surface area contributed by atoms with E-state index in [-0.39, 0.29) is 5.91 Å². The summed E-state index contributed by atoms with van der Waals surface area (Å²) in [6.07, 6.45) is 11.2. The molecule has 39 heavy (non-hydrogen) atoms. The number of anilines is 1. The van der Waals surface area contributed by atoms with Crippen molar-refractivity contribution >= 4 is 51.4 Å². The SMILES string of the molecule is C=C/C(=C\C=C(/CC)OCCN(C)C)c1oc2nc(C3=CCCS3)nc(NN(C)C(=O)/C(C)=C\C=O)c2c1C. The maximum Gasteiger partial charge on any atom is 0.267 e. The molecule has 3 rings (SSSR count). The number of rotatable bonds is 13. The largest absolute Gasteiger partial charge is 0.497 e. The number of aromatic nitrogens is 2. The van der Waals surface area contributed by atoms with Gasteiger partial charge in [-0.15, -0.1) is 11.8 Å². The molecule has 3 heterocycles. The van der Waals surface area contributed by atoms with Crippen LogP contribution in [0.1, 0.15) is 43.8 Å². The number of hydrogen-bond donors (Lipinski definition) is 1. The van der Waals surface area contributed by atoms with Crippen molar-refractivity contribution in [1.29, 1.82) is 0 Å². The Morgan fingerprint density at radius 3 is 2.64 bits per heavy atom. The number of hydrazine groups is 1. The summed E-state index contributed by atoms with van der Waals surface area (Å²) < 4.78 is 12.2. The number of ether oxygens (including phenoxy) is 1. The summed E-state index contributed by atoms with van der Waals surface area (Å²) in [5.41, 5.74) is 5.36. The van der Waals surface area contributed by atoms with E-state index in [0.717, 1.165) is 46.9 Å². The van der Waals surface area contributed by atoms with E-state index in [9.17, 15) is 9.59 Å². The molecule has 0 aliphatic carbocycles. The second kappa shape index (κ2) is 14.0. The van der Waals surface area contributed by atoms with Crippen LogP contribution in [-0.4, -0.2) is 72.1 Å². The minimum Gasteiger partial charge on any atom is -0.497 e. The molecule has 1 amide bonds. The lowest BCUT2D eigenvalue weighted by atomic mass is 10.1. The Balaban J connectivity index is 2.06. The number of likely N-dealkylation sites (N-methyl/N-ethyl adjacent to an activating group) is 2. The third kappa shape index (κ3) is 7.48. The topological polar surface area (TPSA) is 101 Å². The fourth-order valence-corrected chi connectivity index (χ4v) is 4.78. The lowest BCUT2D eigenvalue weighted by Gasteiger charge is -2.20. The van der Waals surface area contributed by atoms with Gasteiger partial charge in [-0.2, -0.15) is 4.98 Å². The number of furan rings is 1. The molecule has 0 aromatic carbocycles. The predicted molar refractivity (Wildman–Crippen MR) is 159 cm³/mol. The zero-order valence-electron chi connectivity index (χ0n) is 23.5. The van der Waals surface area contributed by atoms with Gasteiger partial charge in [-0.05, 0) is 52.6 Å². The van der Waals surface area contributed by atoms with Crippen LogP contribution in [0.5, 0.6) is 0 Å². The normalized spacial score (nSPS) is 14.5. The fourth-order valence-electron chi connectivity index (χ4n) is 3.87. The van der Waals surface area contributed by atoms with Crippen LogP contribution in [0, 0.1) is 6.92 Å². The molecule has 0 fully saturated rings. The quantitative estimate of drug-likeness (QED) is 0.116. The zero-order valence-corrected chi connectivity index (χ0v) is 24.4. The lowest BCUT2D eigenvalue weighted by Crippen LogP contribution is -2.33. The van der Waals surface area contributed by atoms with Crippen molar-refractivity contribution in [2.45, 2.75) is 33.6 Å². The van der Waals surface area contributed by atoms with Gasteiger partial charge in [0.1, 0.15) is 18.7 Å². The monoisotopic (exact) mass is 551 g/mol. The maximum absolute atomic E-state index is 12.8. The Labute approximate surface area is 234 Å². The van der Waals surface area contributed by atoms with Crippen molar-refractivity contribution in [1.82, 2.24) is 19.9 Å². The van der Waals surface area contributed by atoms with Gasteiger partial charge in [0.15, 0.2) is 11.6 Å². The minimum atomic E-state index is -0.357. The molecule has 0 saturated heterocycles. The van der Waals surface area contributed by atoms with Crippen LogP contribution in [-0.2, 0) is 14.3 Å². The van der Waals surface area contributed by atoms with E-state index in [1.807, 2.05) is 40.1 Å². The van der Waals surface area contributed by atoms with Crippen molar-refractivity contribution in [2.24, 2.45) is 0 Å². The van der Waals surface area contributed by atoms with Gasteiger partial charge in [-0.25, -0.2) is 4.98 Å². The summed E-state index contributed by atoms with van der Waals surface area (Å²) in [5, 5.41) is 1.96. The molecular weight excluding hydrogens is 514 g/mol. The van der Waals surface area contributed by atoms with Gasteiger partial charge in [0.05, 0.1) is 11.1 Å². The molecule has 0 radical (unpaired) electrons. The Morgan fingerprint density at radius 1 is 1.26 bits per heavy atom. The van der Waals surface area contributed by atoms with Crippen LogP contribution in [0.15, 0.2) is 52.7 Å². The number of allylic oxidation sites excluding steroid dienone is 7. The van der Waals surface area contributed by atoms with Gasteiger partial charge >= 0.3 is 0 Å². The Hall–Kier alpha value is -3.63. The van der Waals surface area contributed by atoms with E-state index in [2.05, 4.69) is 23.0 Å². The fraction of sp³-hybridized carbons (Fsp3) is 0.379. The van der Waals surface area contributed by atoms with Crippen LogP contribution in [0.4, 0.5) is 5.82 Å². The molecular formula is C29H37N5O4S. The predicted octanol–water partition coefficient (Wildman–Crippen LogP) is 5.38. The lowest BCUT2D eigenvalue weighted by molar-refractivity contribution is -0.124. The second-order valence-corrected chi connectivity index (χ2v) is 10.4. The van der Waals surface area contributed by atoms with E-state index in [1.165, 1.54) is 11.1 Å². The van der Waals surface area contributed by atoms with Crippen LogP contribution >= 0.6 is 11.8 Å². The van der Waals surface area contributed by atoms with E-state index in [4.69, 9.17) is 19.1 Å². The molecule has 0 spiro atoms. The van der Waals surface area contributed by atoms with E-state index >= 15 is 0 Å². The summed E-state index contributed by atoms with van der Waals surface area (Å²) in [7, 11) is 5.60. The van der Waals surface area contributed by atoms with Gasteiger partial charge in [0.25, 0.3) is 5.91 Å². The molecule has 1 aliphatic rings. The highest BCUT2D eigenvalue weighted by molar-refractivity contribution is 8.08. The van der Waals surface area contributed by atoms with E-state index in [1.54, 1.807) is 31.8 Å². The Kier molecular flexibility index (Phi) is 10.7. The van der Waals surface area contributed by atoms with Gasteiger partial charge in [-0.3, -0.25) is 20.0 Å². The molecule has 9 nitrogen and oxygen atoms in total. The number of aryl methyl sites for hydroxylation is 1. The highest BCUT2D eigenvalue weighted by Gasteiger charge is 2.23. The number of thioether (sulfide) groups is 1. The number of fused-ring (bicyclic) bond motifs is 1. The van der Waals surface area contributed by atoms with Crippen LogP contribution in [0.25, 0.3) is 21.6 Å². The van der Waals surface area contributed by atoms with Crippen LogP contribution in [0.3, 0.4) is 0 Å². The molecule has 0 unspecified atom stereocenters. The summed E-state index contributed by atoms with van der Waals surface area (Å²) in [5.74, 6) is 3.03. The highest BCUT2D eigenvalue weighted by Crippen LogP contribution is 2.38. The van der Waals surface area contributed by atoms with Gasteiger partial charge < -0.3 is 14.1 Å². The maximum atomic E-state index is 12.8. The van der Waals surface area contributed by atoms with Gasteiger partial charge in [-0.1, -0.05) is 25.7 Å². The summed E-state index contributed by atoms with van der Waals surface area (Å²) in [6, 6.07) is 0. The molecule has 208 valence electrons. The highest BCUT2D eigenvalue weighted by atomic mass is 32.2. The van der Waals surface area contributed by atoms with Gasteiger partial charge in [0, 0.05) is 47.4 Å². The molecule has 10 heteroatoms. The first-order valence-electron chi connectivity index (χ1n) is 12.8. The summed E-state index contributed by atoms with van der Waals surface area (Å²) in [4.78, 5) is 36.2.